The lowest BCUT2D eigenvalue weighted by molar-refractivity contribution is -0.384. The Hall–Kier alpha value is -2.94. The van der Waals surface area contributed by atoms with Gasteiger partial charge in [-0.15, -0.1) is 5.10 Å². The molecule has 2 aromatic heterocycles. The van der Waals surface area contributed by atoms with E-state index in [-0.39, 0.29) is 11.2 Å². The molecular formula is C13H9N5O3S. The maximum atomic E-state index is 11.7. The number of rotatable bonds is 3. The van der Waals surface area contributed by atoms with Crippen molar-refractivity contribution in [3.05, 3.63) is 62.1 Å². The maximum absolute atomic E-state index is 11.7. The molecule has 0 spiro atoms. The molecule has 110 valence electrons. The van der Waals surface area contributed by atoms with Gasteiger partial charge in [0.1, 0.15) is 0 Å². The molecule has 0 bridgehead atoms. The molecule has 0 aliphatic rings. The first-order valence-electron chi connectivity index (χ1n) is 6.19. The first kappa shape index (κ1) is 14.0. The summed E-state index contributed by atoms with van der Waals surface area (Å²) in [6.07, 6.45) is 1.46. The van der Waals surface area contributed by atoms with Gasteiger partial charge in [0.15, 0.2) is 0 Å². The van der Waals surface area contributed by atoms with Crippen LogP contribution in [0.2, 0.25) is 0 Å². The highest BCUT2D eigenvalue weighted by molar-refractivity contribution is 7.20. The predicted octanol–water partition coefficient (Wildman–Crippen LogP) is 2.12. The fraction of sp³-hybridized carbons (Fsp3) is 0.0769. The first-order valence-corrected chi connectivity index (χ1v) is 7.00. The van der Waals surface area contributed by atoms with Gasteiger partial charge in [0.05, 0.1) is 4.92 Å². The van der Waals surface area contributed by atoms with Crippen LogP contribution in [0.4, 0.5) is 10.8 Å². The van der Waals surface area contributed by atoms with E-state index in [2.05, 4.69) is 15.1 Å². The smallest absolute Gasteiger partial charge is 0.267 e. The predicted molar refractivity (Wildman–Crippen MR) is 82.2 cm³/mol. The van der Waals surface area contributed by atoms with Crippen molar-refractivity contribution >= 4 is 33.3 Å². The SMILES string of the molecule is Cc1cc(=O)n2nc(/N=C/c3cccc([N+](=O)[O-])c3)sc2n1. The average molecular weight is 315 g/mol. The fourth-order valence-corrected chi connectivity index (χ4v) is 2.61. The minimum Gasteiger partial charge on any atom is -0.267 e. The Kier molecular flexibility index (Phi) is 3.47. The van der Waals surface area contributed by atoms with Crippen LogP contribution in [0, 0.1) is 17.0 Å². The minimum atomic E-state index is -0.471. The van der Waals surface area contributed by atoms with Crippen LogP contribution in [-0.2, 0) is 0 Å². The zero-order valence-corrected chi connectivity index (χ0v) is 12.1. The molecule has 0 atom stereocenters. The highest BCUT2D eigenvalue weighted by Crippen LogP contribution is 2.20. The Morgan fingerprint density at radius 1 is 1.41 bits per heavy atom. The summed E-state index contributed by atoms with van der Waals surface area (Å²) >= 11 is 1.16. The van der Waals surface area contributed by atoms with E-state index in [9.17, 15) is 14.9 Å². The number of non-ortho nitro benzene ring substituents is 1. The second-order valence-electron chi connectivity index (χ2n) is 4.43. The standard InChI is InChI=1S/C13H9N5O3S/c1-8-5-11(19)17-13(15-8)22-12(16-17)14-7-9-3-2-4-10(6-9)18(20)21/h2-7H,1H3/b14-7+. The van der Waals surface area contributed by atoms with E-state index in [1.54, 1.807) is 19.1 Å². The molecule has 0 aliphatic heterocycles. The van der Waals surface area contributed by atoms with Crippen molar-refractivity contribution in [1.82, 2.24) is 14.6 Å². The van der Waals surface area contributed by atoms with E-state index in [0.717, 1.165) is 11.3 Å². The average Bonchev–Trinajstić information content (AvgIpc) is 2.88. The summed E-state index contributed by atoms with van der Waals surface area (Å²) in [6, 6.07) is 7.47. The van der Waals surface area contributed by atoms with Gasteiger partial charge in [0.2, 0.25) is 10.1 Å². The van der Waals surface area contributed by atoms with Gasteiger partial charge < -0.3 is 0 Å². The monoisotopic (exact) mass is 315 g/mol. The van der Waals surface area contributed by atoms with Crippen molar-refractivity contribution in [3.63, 3.8) is 0 Å². The van der Waals surface area contributed by atoms with Crippen molar-refractivity contribution in [2.24, 2.45) is 4.99 Å². The second kappa shape index (κ2) is 5.45. The number of nitro groups is 1. The van der Waals surface area contributed by atoms with Crippen molar-refractivity contribution in [2.75, 3.05) is 0 Å². The maximum Gasteiger partial charge on any atom is 0.275 e. The molecule has 0 amide bonds. The Morgan fingerprint density at radius 3 is 3.00 bits per heavy atom. The third-order valence-electron chi connectivity index (χ3n) is 2.77. The second-order valence-corrected chi connectivity index (χ2v) is 5.36. The molecule has 3 aromatic rings. The topological polar surface area (TPSA) is 103 Å². The zero-order chi connectivity index (χ0) is 15.7. The molecule has 0 aliphatic carbocycles. The highest BCUT2D eigenvalue weighted by atomic mass is 32.1. The van der Waals surface area contributed by atoms with Gasteiger partial charge in [0.25, 0.3) is 11.2 Å². The lowest BCUT2D eigenvalue weighted by atomic mass is 10.2. The first-order chi connectivity index (χ1) is 10.5. The molecule has 2 heterocycles. The van der Waals surface area contributed by atoms with Gasteiger partial charge in [-0.3, -0.25) is 14.9 Å². The van der Waals surface area contributed by atoms with Gasteiger partial charge in [0, 0.05) is 30.1 Å². The summed E-state index contributed by atoms with van der Waals surface area (Å²) < 4.78 is 1.18. The third kappa shape index (κ3) is 2.74. The highest BCUT2D eigenvalue weighted by Gasteiger charge is 2.07. The molecule has 3 rings (SSSR count). The Labute approximate surface area is 127 Å². The minimum absolute atomic E-state index is 0.0123. The van der Waals surface area contributed by atoms with Gasteiger partial charge in [-0.2, -0.15) is 4.52 Å². The number of benzene rings is 1. The van der Waals surface area contributed by atoms with Crippen molar-refractivity contribution in [3.8, 4) is 0 Å². The Bertz CT molecular complexity index is 960. The van der Waals surface area contributed by atoms with Crippen LogP contribution in [0.5, 0.6) is 0 Å². The summed E-state index contributed by atoms with van der Waals surface area (Å²) in [4.78, 5) is 30.8. The van der Waals surface area contributed by atoms with Gasteiger partial charge in [-0.1, -0.05) is 23.5 Å². The van der Waals surface area contributed by atoms with Gasteiger partial charge in [-0.05, 0) is 12.5 Å². The van der Waals surface area contributed by atoms with Crippen LogP contribution in [0.1, 0.15) is 11.3 Å². The molecule has 0 radical (unpaired) electrons. The van der Waals surface area contributed by atoms with Crippen molar-refractivity contribution < 1.29 is 4.92 Å². The summed E-state index contributed by atoms with van der Waals surface area (Å²) in [6.45, 7) is 1.73. The van der Waals surface area contributed by atoms with Crippen LogP contribution in [0.3, 0.4) is 0 Å². The van der Waals surface area contributed by atoms with Crippen molar-refractivity contribution in [1.29, 1.82) is 0 Å². The molecule has 0 saturated heterocycles. The number of aryl methyl sites for hydroxylation is 1. The van der Waals surface area contributed by atoms with E-state index in [1.165, 1.54) is 28.9 Å². The van der Waals surface area contributed by atoms with E-state index in [4.69, 9.17) is 0 Å². The number of fused-ring (bicyclic) bond motifs is 1. The van der Waals surface area contributed by atoms with Crippen LogP contribution >= 0.6 is 11.3 Å². The number of hydrogen-bond donors (Lipinski definition) is 0. The molecule has 0 fully saturated rings. The van der Waals surface area contributed by atoms with Crippen LogP contribution in [0.25, 0.3) is 4.96 Å². The lowest BCUT2D eigenvalue weighted by Crippen LogP contribution is -2.13. The Balaban J connectivity index is 1.96. The zero-order valence-electron chi connectivity index (χ0n) is 11.3. The molecule has 0 unspecified atom stereocenters. The van der Waals surface area contributed by atoms with Crippen LogP contribution < -0.4 is 5.56 Å². The van der Waals surface area contributed by atoms with E-state index >= 15 is 0 Å². The number of nitro benzene ring substituents is 1. The molecular weight excluding hydrogens is 306 g/mol. The van der Waals surface area contributed by atoms with Crippen LogP contribution in [-0.4, -0.2) is 25.7 Å². The quantitative estimate of drug-likeness (QED) is 0.418. The van der Waals surface area contributed by atoms with E-state index in [0.29, 0.717) is 21.3 Å². The summed E-state index contributed by atoms with van der Waals surface area (Å²) in [7, 11) is 0. The van der Waals surface area contributed by atoms with Crippen molar-refractivity contribution in [2.45, 2.75) is 6.92 Å². The normalized spacial score (nSPS) is 11.3. The molecule has 0 N–H and O–H groups in total. The third-order valence-corrected chi connectivity index (χ3v) is 3.58. The number of hydrogen-bond acceptors (Lipinski definition) is 7. The number of aliphatic imine (C=N–C) groups is 1. The summed E-state index contributed by atoms with van der Waals surface area (Å²) in [5.41, 5.74) is 0.908. The fourth-order valence-electron chi connectivity index (χ4n) is 1.81. The number of nitrogens with zero attached hydrogens (tertiary/aromatic N) is 5. The van der Waals surface area contributed by atoms with Gasteiger partial charge in [-0.25, -0.2) is 9.98 Å². The molecule has 0 saturated carbocycles. The number of aromatic nitrogens is 3. The molecule has 1 aromatic carbocycles. The Morgan fingerprint density at radius 2 is 2.23 bits per heavy atom. The lowest BCUT2D eigenvalue weighted by Gasteiger charge is -1.92. The molecule has 8 nitrogen and oxygen atoms in total. The molecule has 22 heavy (non-hydrogen) atoms. The van der Waals surface area contributed by atoms with Gasteiger partial charge >= 0.3 is 0 Å². The van der Waals surface area contributed by atoms with E-state index < -0.39 is 4.92 Å². The summed E-state index contributed by atoms with van der Waals surface area (Å²) in [5.74, 6) is 0. The summed E-state index contributed by atoms with van der Waals surface area (Å²) in [5, 5.41) is 15.1. The largest absolute Gasteiger partial charge is 0.275 e. The van der Waals surface area contributed by atoms with Crippen LogP contribution in [0.15, 0.2) is 40.1 Å². The van der Waals surface area contributed by atoms with E-state index in [1.807, 2.05) is 0 Å². The molecule has 9 heteroatoms.